The third-order valence-corrected chi connectivity index (χ3v) is 0.766. The normalized spacial score (nSPS) is 11.8. The summed E-state index contributed by atoms with van der Waals surface area (Å²) in [7, 11) is 1.28. The van der Waals surface area contributed by atoms with E-state index in [0.717, 1.165) is 0 Å². The zero-order valence-electron chi connectivity index (χ0n) is 5.46. The minimum absolute atomic E-state index is 0.456. The van der Waals surface area contributed by atoms with Gasteiger partial charge in [-0.2, -0.15) is 0 Å². The van der Waals surface area contributed by atoms with Crippen LogP contribution in [0.2, 0.25) is 0 Å². The molecule has 52 valence electrons. The first-order chi connectivity index (χ1) is 4.22. The molecule has 0 heterocycles. The Kier molecular flexibility index (Phi) is 3.43. The van der Waals surface area contributed by atoms with Crippen molar-refractivity contribution in [2.45, 2.75) is 13.0 Å². The number of methoxy groups -OCH3 is 1. The predicted octanol–water partition coefficient (Wildman–Crippen LogP) is 0.180. The minimum atomic E-state index is -0.660. The second-order valence-corrected chi connectivity index (χ2v) is 1.40. The summed E-state index contributed by atoms with van der Waals surface area (Å²) in [5.41, 5.74) is 0. The van der Waals surface area contributed by atoms with Crippen LogP contribution in [0.4, 0.5) is 0 Å². The van der Waals surface area contributed by atoms with Crippen LogP contribution >= 0.6 is 0 Å². The third kappa shape index (κ3) is 2.69. The molecule has 0 saturated heterocycles. The van der Waals surface area contributed by atoms with Crippen molar-refractivity contribution in [2.75, 3.05) is 7.11 Å². The second kappa shape index (κ2) is 3.88. The molecular formula is C5H9NO3. The van der Waals surface area contributed by atoms with Gasteiger partial charge in [0.05, 0.1) is 7.11 Å². The Labute approximate surface area is 53.4 Å². The molecule has 0 amide bonds. The lowest BCUT2D eigenvalue weighted by Gasteiger charge is -2.04. The number of esters is 1. The molecule has 0 aliphatic heterocycles. The molecule has 1 atom stereocenters. The zero-order chi connectivity index (χ0) is 7.28. The van der Waals surface area contributed by atoms with Crippen molar-refractivity contribution >= 4 is 12.7 Å². The monoisotopic (exact) mass is 131 g/mol. The van der Waals surface area contributed by atoms with Crippen molar-refractivity contribution < 1.29 is 14.4 Å². The van der Waals surface area contributed by atoms with Gasteiger partial charge >= 0.3 is 5.97 Å². The largest absolute Gasteiger partial charge is 0.466 e. The molecule has 0 aromatic heterocycles. The first kappa shape index (κ1) is 7.94. The van der Waals surface area contributed by atoms with Gasteiger partial charge in [0.25, 0.3) is 0 Å². The molecular weight excluding hydrogens is 122 g/mol. The van der Waals surface area contributed by atoms with Gasteiger partial charge in [-0.15, -0.1) is 5.16 Å². The molecule has 0 fully saturated rings. The Morgan fingerprint density at radius 2 is 2.33 bits per heavy atom. The van der Waals surface area contributed by atoms with Crippen LogP contribution in [-0.2, 0) is 14.4 Å². The van der Waals surface area contributed by atoms with E-state index in [-0.39, 0.29) is 0 Å². The fraction of sp³-hybridized carbons (Fsp3) is 0.600. The molecule has 0 N–H and O–H groups in total. The molecule has 0 aliphatic rings. The fourth-order valence-electron chi connectivity index (χ4n) is 0.321. The standard InChI is InChI=1S/C5H9NO3/c1-4(9-6-2)5(7)8-3/h4H,2H2,1,3H3. The number of oxime groups is 1. The second-order valence-electron chi connectivity index (χ2n) is 1.40. The zero-order valence-corrected chi connectivity index (χ0v) is 5.46. The van der Waals surface area contributed by atoms with E-state index < -0.39 is 12.1 Å². The summed E-state index contributed by atoms with van der Waals surface area (Å²) in [6.07, 6.45) is -0.660. The molecule has 0 aromatic carbocycles. The first-order valence-electron chi connectivity index (χ1n) is 2.42. The van der Waals surface area contributed by atoms with Crippen LogP contribution in [0.25, 0.3) is 0 Å². The van der Waals surface area contributed by atoms with Gasteiger partial charge in [0, 0.05) is 6.72 Å². The van der Waals surface area contributed by atoms with Gasteiger partial charge in [-0.1, -0.05) is 0 Å². The van der Waals surface area contributed by atoms with E-state index in [4.69, 9.17) is 0 Å². The maximum absolute atomic E-state index is 10.5. The number of ether oxygens (including phenoxy) is 1. The van der Waals surface area contributed by atoms with Gasteiger partial charge in [0.2, 0.25) is 6.10 Å². The molecule has 0 bridgehead atoms. The molecule has 1 unspecified atom stereocenters. The quantitative estimate of drug-likeness (QED) is 0.312. The average Bonchev–Trinajstić information content (AvgIpc) is 1.87. The van der Waals surface area contributed by atoms with Crippen molar-refractivity contribution in [1.29, 1.82) is 0 Å². The van der Waals surface area contributed by atoms with Crippen molar-refractivity contribution in [2.24, 2.45) is 5.16 Å². The van der Waals surface area contributed by atoms with Crippen LogP contribution in [0.3, 0.4) is 0 Å². The van der Waals surface area contributed by atoms with Crippen molar-refractivity contribution in [3.63, 3.8) is 0 Å². The summed E-state index contributed by atoms with van der Waals surface area (Å²) in [4.78, 5) is 14.9. The lowest BCUT2D eigenvalue weighted by molar-refractivity contribution is -0.152. The summed E-state index contributed by atoms with van der Waals surface area (Å²) < 4.78 is 4.31. The van der Waals surface area contributed by atoms with E-state index >= 15 is 0 Å². The van der Waals surface area contributed by atoms with E-state index in [1.807, 2.05) is 0 Å². The molecule has 0 aliphatic carbocycles. The van der Waals surface area contributed by atoms with Crippen molar-refractivity contribution in [1.82, 2.24) is 0 Å². The number of carbonyl (C=O) groups is 1. The van der Waals surface area contributed by atoms with Crippen molar-refractivity contribution in [3.05, 3.63) is 0 Å². The molecule has 0 radical (unpaired) electrons. The molecule has 0 spiro atoms. The average molecular weight is 131 g/mol. The third-order valence-electron chi connectivity index (χ3n) is 0.766. The van der Waals surface area contributed by atoms with Gasteiger partial charge in [0.15, 0.2) is 0 Å². The summed E-state index contributed by atoms with van der Waals surface area (Å²) in [6, 6.07) is 0. The lowest BCUT2D eigenvalue weighted by Crippen LogP contribution is -2.19. The number of rotatable bonds is 3. The van der Waals surface area contributed by atoms with Gasteiger partial charge in [0.1, 0.15) is 0 Å². The van der Waals surface area contributed by atoms with Gasteiger partial charge in [-0.05, 0) is 6.92 Å². The smallest absolute Gasteiger partial charge is 0.349 e. The van der Waals surface area contributed by atoms with Crippen LogP contribution in [0.15, 0.2) is 5.16 Å². The highest BCUT2D eigenvalue weighted by atomic mass is 16.7. The molecule has 4 heteroatoms. The maximum Gasteiger partial charge on any atom is 0.349 e. The summed E-state index contributed by atoms with van der Waals surface area (Å²) in [5.74, 6) is -0.456. The number of nitrogens with zero attached hydrogens (tertiary/aromatic N) is 1. The highest BCUT2D eigenvalue weighted by molar-refractivity contribution is 5.73. The fourth-order valence-corrected chi connectivity index (χ4v) is 0.321. The number of hydrogen-bond acceptors (Lipinski definition) is 4. The van der Waals surface area contributed by atoms with Crippen LogP contribution in [0.5, 0.6) is 0 Å². The Bertz CT molecular complexity index is 113. The van der Waals surface area contributed by atoms with Gasteiger partial charge < -0.3 is 9.57 Å². The summed E-state index contributed by atoms with van der Waals surface area (Å²) in [6.45, 7) is 4.57. The highest BCUT2D eigenvalue weighted by Gasteiger charge is 2.12. The first-order valence-corrected chi connectivity index (χ1v) is 2.42. The van der Waals surface area contributed by atoms with E-state index in [2.05, 4.69) is 21.4 Å². The van der Waals surface area contributed by atoms with Gasteiger partial charge in [-0.3, -0.25) is 0 Å². The van der Waals surface area contributed by atoms with Crippen molar-refractivity contribution in [3.8, 4) is 0 Å². The van der Waals surface area contributed by atoms with Crippen LogP contribution in [0.1, 0.15) is 6.92 Å². The topological polar surface area (TPSA) is 47.9 Å². The van der Waals surface area contributed by atoms with Gasteiger partial charge in [-0.25, -0.2) is 4.79 Å². The van der Waals surface area contributed by atoms with Crippen LogP contribution < -0.4 is 0 Å². The highest BCUT2D eigenvalue weighted by Crippen LogP contribution is 1.91. The Balaban J connectivity index is 3.58. The molecule has 0 saturated carbocycles. The SMILES string of the molecule is C=NOC(C)C(=O)OC. The number of carbonyl (C=O) groups excluding carboxylic acids is 1. The summed E-state index contributed by atoms with van der Waals surface area (Å²) in [5, 5.41) is 3.05. The van der Waals surface area contributed by atoms with E-state index in [1.165, 1.54) is 14.0 Å². The van der Waals surface area contributed by atoms with Crippen LogP contribution in [-0.4, -0.2) is 25.9 Å². The number of hydrogen-bond donors (Lipinski definition) is 0. The van der Waals surface area contributed by atoms with E-state index in [0.29, 0.717) is 0 Å². The van der Waals surface area contributed by atoms with E-state index in [1.54, 1.807) is 0 Å². The Hall–Kier alpha value is -1.06. The van der Waals surface area contributed by atoms with E-state index in [9.17, 15) is 4.79 Å². The Morgan fingerprint density at radius 1 is 1.78 bits per heavy atom. The maximum atomic E-state index is 10.5. The molecule has 0 rings (SSSR count). The minimum Gasteiger partial charge on any atom is -0.466 e. The molecule has 0 aromatic rings. The molecule has 4 nitrogen and oxygen atoms in total. The summed E-state index contributed by atoms with van der Waals surface area (Å²) >= 11 is 0. The lowest BCUT2D eigenvalue weighted by atomic mass is 10.4. The Morgan fingerprint density at radius 3 is 2.67 bits per heavy atom. The van der Waals surface area contributed by atoms with Crippen LogP contribution in [0, 0.1) is 0 Å². The predicted molar refractivity (Wildman–Crippen MR) is 32.1 cm³/mol. The molecule has 9 heavy (non-hydrogen) atoms.